The maximum atomic E-state index is 10.6. The lowest BCUT2D eigenvalue weighted by Gasteiger charge is -2.25. The molecule has 1 aromatic heterocycles. The van der Waals surface area contributed by atoms with E-state index in [2.05, 4.69) is 32.2 Å². The van der Waals surface area contributed by atoms with Gasteiger partial charge in [-0.15, -0.1) is 5.10 Å². The summed E-state index contributed by atoms with van der Waals surface area (Å²) < 4.78 is 6.44. The van der Waals surface area contributed by atoms with Crippen LogP contribution in [-0.4, -0.2) is 15.3 Å². The predicted octanol–water partition coefficient (Wildman–Crippen LogP) is 4.92. The standard InChI is InChI=1S/C23H15BrN4O2/c24-13-8-9-18(29)16(10-13)19-17(11-25)22(26)30-23-20(19)21(27-28-23)15-7-3-5-12-4-1-2-6-14(12)15/h1-10,19,29H,26H2,(H,27,28)/t19-/m0/s1. The van der Waals surface area contributed by atoms with Gasteiger partial charge in [0.2, 0.25) is 11.8 Å². The molecule has 0 radical (unpaired) electrons. The average Bonchev–Trinajstić information content (AvgIpc) is 3.17. The molecule has 5 rings (SSSR count). The summed E-state index contributed by atoms with van der Waals surface area (Å²) in [5, 5.41) is 30.0. The Bertz CT molecular complexity index is 1380. The van der Waals surface area contributed by atoms with Crippen LogP contribution >= 0.6 is 15.9 Å². The van der Waals surface area contributed by atoms with Crippen LogP contribution in [0.2, 0.25) is 0 Å². The van der Waals surface area contributed by atoms with Gasteiger partial charge in [-0.25, -0.2) is 0 Å². The van der Waals surface area contributed by atoms with Gasteiger partial charge in [0.1, 0.15) is 17.4 Å². The van der Waals surface area contributed by atoms with Crippen molar-refractivity contribution in [2.24, 2.45) is 5.73 Å². The van der Waals surface area contributed by atoms with Crippen molar-refractivity contribution in [3.05, 3.63) is 87.7 Å². The molecule has 6 nitrogen and oxygen atoms in total. The van der Waals surface area contributed by atoms with Crippen LogP contribution in [0.4, 0.5) is 0 Å². The number of halogens is 1. The highest BCUT2D eigenvalue weighted by atomic mass is 79.9. The second-order valence-corrected chi connectivity index (χ2v) is 7.89. The van der Waals surface area contributed by atoms with E-state index in [1.807, 2.05) is 42.5 Å². The van der Waals surface area contributed by atoms with Crippen molar-refractivity contribution in [3.63, 3.8) is 0 Å². The molecule has 30 heavy (non-hydrogen) atoms. The number of rotatable bonds is 2. The number of fused-ring (bicyclic) bond motifs is 2. The van der Waals surface area contributed by atoms with Gasteiger partial charge in [-0.05, 0) is 29.0 Å². The Kier molecular flexibility index (Phi) is 4.23. The van der Waals surface area contributed by atoms with Crippen molar-refractivity contribution in [1.29, 1.82) is 5.26 Å². The lowest BCUT2D eigenvalue weighted by atomic mass is 9.82. The molecule has 0 saturated heterocycles. The predicted molar refractivity (Wildman–Crippen MR) is 117 cm³/mol. The third kappa shape index (κ3) is 2.73. The van der Waals surface area contributed by atoms with Gasteiger partial charge in [-0.1, -0.05) is 58.4 Å². The monoisotopic (exact) mass is 458 g/mol. The summed E-state index contributed by atoms with van der Waals surface area (Å²) >= 11 is 3.45. The van der Waals surface area contributed by atoms with Crippen molar-refractivity contribution < 1.29 is 9.84 Å². The largest absolute Gasteiger partial charge is 0.508 e. The van der Waals surface area contributed by atoms with Crippen molar-refractivity contribution >= 4 is 26.7 Å². The van der Waals surface area contributed by atoms with Crippen LogP contribution in [0.3, 0.4) is 0 Å². The fourth-order valence-corrected chi connectivity index (χ4v) is 4.34. The molecular formula is C23H15BrN4O2. The van der Waals surface area contributed by atoms with Crippen molar-refractivity contribution in [1.82, 2.24) is 10.2 Å². The summed E-state index contributed by atoms with van der Waals surface area (Å²) in [7, 11) is 0. The molecule has 1 aliphatic heterocycles. The smallest absolute Gasteiger partial charge is 0.244 e. The number of aromatic hydroxyl groups is 1. The van der Waals surface area contributed by atoms with Gasteiger partial charge in [0, 0.05) is 15.6 Å². The van der Waals surface area contributed by atoms with E-state index in [0.717, 1.165) is 20.8 Å². The zero-order valence-corrected chi connectivity index (χ0v) is 17.1. The Balaban J connectivity index is 1.82. The summed E-state index contributed by atoms with van der Waals surface area (Å²) in [4.78, 5) is 0. The molecule has 0 aliphatic carbocycles. The fourth-order valence-electron chi connectivity index (χ4n) is 3.96. The Morgan fingerprint density at radius 1 is 1.13 bits per heavy atom. The molecule has 4 N–H and O–H groups in total. The summed E-state index contributed by atoms with van der Waals surface area (Å²) in [6, 6.07) is 21.3. The number of benzene rings is 3. The van der Waals surface area contributed by atoms with Gasteiger partial charge in [-0.2, -0.15) is 5.26 Å². The van der Waals surface area contributed by atoms with Crippen LogP contribution in [0.1, 0.15) is 17.0 Å². The van der Waals surface area contributed by atoms with Gasteiger partial charge in [-0.3, -0.25) is 5.10 Å². The summed E-state index contributed by atoms with van der Waals surface area (Å²) in [5.74, 6) is -0.310. The van der Waals surface area contributed by atoms with Crippen LogP contribution in [0.15, 0.2) is 76.6 Å². The Hall–Kier alpha value is -3.76. The zero-order valence-electron chi connectivity index (χ0n) is 15.6. The van der Waals surface area contributed by atoms with Gasteiger partial charge in [0.05, 0.1) is 17.2 Å². The third-order valence-electron chi connectivity index (χ3n) is 5.30. The summed E-state index contributed by atoms with van der Waals surface area (Å²) in [5.41, 5.74) is 9.10. The minimum atomic E-state index is -0.635. The molecule has 0 amide bonds. The second-order valence-electron chi connectivity index (χ2n) is 6.97. The van der Waals surface area contributed by atoms with Crippen LogP contribution in [0, 0.1) is 11.3 Å². The van der Waals surface area contributed by atoms with E-state index >= 15 is 0 Å². The number of hydrogen-bond acceptors (Lipinski definition) is 5. The number of phenols is 1. The van der Waals surface area contributed by atoms with Gasteiger partial charge >= 0.3 is 0 Å². The van der Waals surface area contributed by atoms with Crippen molar-refractivity contribution in [2.45, 2.75) is 5.92 Å². The number of nitrogens with two attached hydrogens (primary N) is 1. The molecule has 2 heterocycles. The first-order valence-electron chi connectivity index (χ1n) is 9.21. The van der Waals surface area contributed by atoms with Crippen molar-refractivity contribution in [2.75, 3.05) is 0 Å². The lowest BCUT2D eigenvalue weighted by molar-refractivity contribution is 0.377. The number of nitrogens with one attached hydrogen (secondary N) is 1. The highest BCUT2D eigenvalue weighted by molar-refractivity contribution is 9.10. The third-order valence-corrected chi connectivity index (χ3v) is 5.79. The number of aromatic nitrogens is 2. The van der Waals surface area contributed by atoms with Crippen LogP contribution < -0.4 is 10.5 Å². The van der Waals surface area contributed by atoms with E-state index in [1.165, 1.54) is 0 Å². The molecule has 0 fully saturated rings. The lowest BCUT2D eigenvalue weighted by Crippen LogP contribution is -2.21. The summed E-state index contributed by atoms with van der Waals surface area (Å²) in [6.07, 6.45) is 0. The first kappa shape index (κ1) is 18.3. The molecule has 4 aromatic rings. The molecule has 0 bridgehead atoms. The first-order chi connectivity index (χ1) is 14.6. The van der Waals surface area contributed by atoms with E-state index in [-0.39, 0.29) is 17.2 Å². The number of nitrogens with zero attached hydrogens (tertiary/aromatic N) is 2. The molecule has 0 unspecified atom stereocenters. The Labute approximate surface area is 180 Å². The highest BCUT2D eigenvalue weighted by Gasteiger charge is 2.37. The maximum absolute atomic E-state index is 10.6. The number of ether oxygens (including phenoxy) is 1. The molecular weight excluding hydrogens is 444 g/mol. The number of aromatic amines is 1. The van der Waals surface area contributed by atoms with Crippen LogP contribution in [0.25, 0.3) is 22.0 Å². The first-order valence-corrected chi connectivity index (χ1v) is 10.00. The van der Waals surface area contributed by atoms with Crippen LogP contribution in [0.5, 0.6) is 11.6 Å². The maximum Gasteiger partial charge on any atom is 0.244 e. The zero-order chi connectivity index (χ0) is 20.8. The van der Waals surface area contributed by atoms with Gasteiger partial charge in [0.15, 0.2) is 0 Å². The second kappa shape index (κ2) is 6.94. The number of allylic oxidation sites excluding steroid dienone is 1. The van der Waals surface area contributed by atoms with E-state index in [4.69, 9.17) is 10.5 Å². The molecule has 0 saturated carbocycles. The van der Waals surface area contributed by atoms with E-state index in [0.29, 0.717) is 22.7 Å². The number of hydrogen-bond donors (Lipinski definition) is 3. The molecule has 1 atom stereocenters. The molecule has 7 heteroatoms. The fraction of sp³-hybridized carbons (Fsp3) is 0.0435. The number of phenolic OH excluding ortho intramolecular Hbond substituents is 1. The molecule has 3 aromatic carbocycles. The molecule has 146 valence electrons. The number of H-pyrrole nitrogens is 1. The Morgan fingerprint density at radius 3 is 2.77 bits per heavy atom. The van der Waals surface area contributed by atoms with Gasteiger partial charge in [0.25, 0.3) is 0 Å². The van der Waals surface area contributed by atoms with Crippen molar-refractivity contribution in [3.8, 4) is 29.0 Å². The van der Waals surface area contributed by atoms with E-state index in [1.54, 1.807) is 18.2 Å². The quantitative estimate of drug-likeness (QED) is 0.395. The van der Waals surface area contributed by atoms with E-state index in [9.17, 15) is 10.4 Å². The topological polar surface area (TPSA) is 108 Å². The minimum Gasteiger partial charge on any atom is -0.508 e. The Morgan fingerprint density at radius 2 is 1.93 bits per heavy atom. The normalized spacial score (nSPS) is 15.5. The highest BCUT2D eigenvalue weighted by Crippen LogP contribution is 2.48. The minimum absolute atomic E-state index is 0.0228. The molecule has 0 spiro atoms. The number of nitriles is 1. The SMILES string of the molecule is N#CC1=C(N)Oc2n[nH]c(-c3cccc4ccccc34)c2[C@H]1c1cc(Br)ccc1O. The van der Waals surface area contributed by atoms with E-state index < -0.39 is 5.92 Å². The summed E-state index contributed by atoms with van der Waals surface area (Å²) in [6.45, 7) is 0. The van der Waals surface area contributed by atoms with Gasteiger partial charge < -0.3 is 15.6 Å². The average molecular weight is 459 g/mol. The molecule has 1 aliphatic rings. The van der Waals surface area contributed by atoms with Crippen LogP contribution in [-0.2, 0) is 0 Å².